The minimum atomic E-state index is -0.391. The number of rotatable bonds is 6. The number of carbonyl (C=O) groups is 1. The molecule has 2 N–H and O–H groups in total. The van der Waals surface area contributed by atoms with Crippen molar-refractivity contribution in [2.45, 2.75) is 64.5 Å². The smallest absolute Gasteiger partial charge is 0.225 e. The molecule has 4 nitrogen and oxygen atoms in total. The number of hydrogen-bond acceptors (Lipinski definition) is 3. The molecule has 0 saturated heterocycles. The van der Waals surface area contributed by atoms with Crippen molar-refractivity contribution in [3.8, 4) is 0 Å². The largest absolute Gasteiger partial charge is 0.378 e. The molecule has 0 aliphatic heterocycles. The van der Waals surface area contributed by atoms with Crippen LogP contribution in [-0.4, -0.2) is 42.6 Å². The zero-order valence-corrected chi connectivity index (χ0v) is 12.9. The molecule has 4 heteroatoms. The highest BCUT2D eigenvalue weighted by atomic mass is 16.5. The van der Waals surface area contributed by atoms with Crippen molar-refractivity contribution in [1.82, 2.24) is 4.90 Å². The van der Waals surface area contributed by atoms with Gasteiger partial charge in [-0.3, -0.25) is 4.79 Å². The van der Waals surface area contributed by atoms with E-state index < -0.39 is 5.60 Å². The summed E-state index contributed by atoms with van der Waals surface area (Å²) in [5, 5.41) is 0. The molecule has 2 atom stereocenters. The first-order chi connectivity index (χ1) is 8.95. The number of nitrogens with two attached hydrogens (primary N) is 1. The van der Waals surface area contributed by atoms with E-state index in [1.54, 1.807) is 7.11 Å². The van der Waals surface area contributed by atoms with E-state index in [1.165, 1.54) is 12.8 Å². The Bertz CT molecular complexity index is 292. The van der Waals surface area contributed by atoms with Gasteiger partial charge in [0.05, 0.1) is 12.0 Å². The lowest BCUT2D eigenvalue weighted by Gasteiger charge is -2.40. The van der Waals surface area contributed by atoms with E-state index in [9.17, 15) is 4.79 Å². The average molecular weight is 270 g/mol. The van der Waals surface area contributed by atoms with Crippen molar-refractivity contribution in [3.63, 3.8) is 0 Å². The molecular weight excluding hydrogens is 240 g/mol. The summed E-state index contributed by atoms with van der Waals surface area (Å²) in [4.78, 5) is 14.5. The molecule has 1 amide bonds. The van der Waals surface area contributed by atoms with Crippen LogP contribution in [0.2, 0.25) is 0 Å². The molecule has 0 aromatic carbocycles. The highest BCUT2D eigenvalue weighted by Gasteiger charge is 2.33. The molecule has 19 heavy (non-hydrogen) atoms. The number of carbonyl (C=O) groups excluding carboxylic acids is 1. The summed E-state index contributed by atoms with van der Waals surface area (Å²) < 4.78 is 5.37. The Balaban J connectivity index is 2.72. The highest BCUT2D eigenvalue weighted by molar-refractivity contribution is 5.77. The monoisotopic (exact) mass is 270 g/mol. The van der Waals surface area contributed by atoms with Crippen LogP contribution >= 0.6 is 0 Å². The molecule has 1 aliphatic rings. The molecule has 112 valence electrons. The van der Waals surface area contributed by atoms with Gasteiger partial charge >= 0.3 is 0 Å². The van der Waals surface area contributed by atoms with Crippen molar-refractivity contribution in [3.05, 3.63) is 0 Å². The Morgan fingerprint density at radius 3 is 2.53 bits per heavy atom. The summed E-state index contributed by atoms with van der Waals surface area (Å²) in [7, 11) is 1.66. The van der Waals surface area contributed by atoms with Gasteiger partial charge in [-0.2, -0.15) is 0 Å². The summed E-state index contributed by atoms with van der Waals surface area (Å²) in [5.41, 5.74) is 5.49. The van der Waals surface area contributed by atoms with Crippen LogP contribution in [0.15, 0.2) is 0 Å². The van der Waals surface area contributed by atoms with Crippen molar-refractivity contribution < 1.29 is 9.53 Å². The summed E-state index contributed by atoms with van der Waals surface area (Å²) in [6, 6.07) is 0.323. The maximum atomic E-state index is 12.5. The first-order valence-electron chi connectivity index (χ1n) is 7.50. The van der Waals surface area contributed by atoms with Gasteiger partial charge in [-0.1, -0.05) is 12.8 Å². The van der Waals surface area contributed by atoms with E-state index in [2.05, 4.69) is 6.92 Å². The zero-order valence-electron chi connectivity index (χ0n) is 12.9. The molecule has 0 heterocycles. The van der Waals surface area contributed by atoms with Crippen molar-refractivity contribution in [2.24, 2.45) is 11.7 Å². The van der Waals surface area contributed by atoms with Crippen LogP contribution in [0.1, 0.15) is 52.9 Å². The number of nitrogens with zero attached hydrogens (tertiary/aromatic N) is 1. The number of methoxy groups -OCH3 is 1. The molecule has 1 aliphatic carbocycles. The quantitative estimate of drug-likeness (QED) is 0.804. The maximum Gasteiger partial charge on any atom is 0.225 e. The third kappa shape index (κ3) is 4.46. The maximum absolute atomic E-state index is 12.5. The Kier molecular flexibility index (Phi) is 6.27. The lowest BCUT2D eigenvalue weighted by Crippen LogP contribution is -2.49. The van der Waals surface area contributed by atoms with Gasteiger partial charge in [0.25, 0.3) is 0 Å². The fourth-order valence-corrected chi connectivity index (χ4v) is 3.01. The Hall–Kier alpha value is -0.610. The Morgan fingerprint density at radius 1 is 1.37 bits per heavy atom. The number of hydrogen-bond donors (Lipinski definition) is 1. The van der Waals surface area contributed by atoms with Gasteiger partial charge in [0.2, 0.25) is 5.91 Å². The molecule has 0 bridgehead atoms. The average Bonchev–Trinajstić information content (AvgIpc) is 2.39. The van der Waals surface area contributed by atoms with Gasteiger partial charge in [-0.15, -0.1) is 0 Å². The van der Waals surface area contributed by atoms with Crippen LogP contribution in [-0.2, 0) is 9.53 Å². The third-order valence-corrected chi connectivity index (χ3v) is 4.36. The van der Waals surface area contributed by atoms with Crippen LogP contribution in [0.5, 0.6) is 0 Å². The van der Waals surface area contributed by atoms with Crippen LogP contribution in [0.4, 0.5) is 0 Å². The lowest BCUT2D eigenvalue weighted by molar-refractivity contribution is -0.140. The topological polar surface area (TPSA) is 55.6 Å². The summed E-state index contributed by atoms with van der Waals surface area (Å²) in [6.07, 6.45) is 5.13. The van der Waals surface area contributed by atoms with E-state index in [0.717, 1.165) is 19.4 Å². The number of amides is 1. The predicted octanol–water partition coefficient (Wildman–Crippen LogP) is 2.17. The molecule has 0 spiro atoms. The summed E-state index contributed by atoms with van der Waals surface area (Å²) >= 11 is 0. The van der Waals surface area contributed by atoms with Crippen LogP contribution in [0, 0.1) is 5.92 Å². The van der Waals surface area contributed by atoms with E-state index in [1.807, 2.05) is 18.7 Å². The van der Waals surface area contributed by atoms with Crippen molar-refractivity contribution in [1.29, 1.82) is 0 Å². The van der Waals surface area contributed by atoms with Crippen LogP contribution in [0.3, 0.4) is 0 Å². The molecule has 1 saturated carbocycles. The zero-order chi connectivity index (χ0) is 14.5. The molecule has 1 fully saturated rings. The predicted molar refractivity (Wildman–Crippen MR) is 77.9 cm³/mol. The first kappa shape index (κ1) is 16.4. The Labute approximate surface area is 117 Å². The van der Waals surface area contributed by atoms with Crippen LogP contribution in [0.25, 0.3) is 0 Å². The fraction of sp³-hybridized carbons (Fsp3) is 0.933. The van der Waals surface area contributed by atoms with E-state index in [4.69, 9.17) is 10.5 Å². The van der Waals surface area contributed by atoms with Gasteiger partial charge in [0.15, 0.2) is 0 Å². The molecule has 1 rings (SSSR count). The lowest BCUT2D eigenvalue weighted by atomic mass is 9.83. The van der Waals surface area contributed by atoms with E-state index in [0.29, 0.717) is 24.9 Å². The van der Waals surface area contributed by atoms with Crippen LogP contribution < -0.4 is 5.73 Å². The second-order valence-corrected chi connectivity index (χ2v) is 6.17. The molecular formula is C15H30N2O2. The second-order valence-electron chi connectivity index (χ2n) is 6.17. The molecule has 0 aromatic rings. The Morgan fingerprint density at radius 2 is 2.00 bits per heavy atom. The van der Waals surface area contributed by atoms with Gasteiger partial charge in [-0.05, 0) is 46.1 Å². The third-order valence-electron chi connectivity index (χ3n) is 4.36. The molecule has 0 aromatic heterocycles. The molecule has 0 radical (unpaired) electrons. The SMILES string of the molecule is CCN(C(=O)CC(C)(C)OC)C1CCCCC1CN. The van der Waals surface area contributed by atoms with Crippen molar-refractivity contribution >= 4 is 5.91 Å². The fourth-order valence-electron chi connectivity index (χ4n) is 3.01. The minimum Gasteiger partial charge on any atom is -0.378 e. The van der Waals surface area contributed by atoms with E-state index >= 15 is 0 Å². The van der Waals surface area contributed by atoms with E-state index in [-0.39, 0.29) is 5.91 Å². The number of ether oxygens (including phenoxy) is 1. The summed E-state index contributed by atoms with van der Waals surface area (Å²) in [5.74, 6) is 0.656. The van der Waals surface area contributed by atoms with Crippen molar-refractivity contribution in [2.75, 3.05) is 20.2 Å². The highest BCUT2D eigenvalue weighted by Crippen LogP contribution is 2.29. The van der Waals surface area contributed by atoms with Gasteiger partial charge in [-0.25, -0.2) is 0 Å². The first-order valence-corrected chi connectivity index (χ1v) is 7.50. The van der Waals surface area contributed by atoms with Gasteiger partial charge < -0.3 is 15.4 Å². The standard InChI is InChI=1S/C15H30N2O2/c1-5-17(14(18)10-15(2,3)19-4)13-9-7-6-8-12(13)11-16/h12-13H,5-11,16H2,1-4H3. The second kappa shape index (κ2) is 7.25. The molecule has 2 unspecified atom stereocenters. The minimum absolute atomic E-state index is 0.194. The van der Waals surface area contributed by atoms with Gasteiger partial charge in [0, 0.05) is 19.7 Å². The summed E-state index contributed by atoms with van der Waals surface area (Å²) in [6.45, 7) is 7.42. The van der Waals surface area contributed by atoms with Gasteiger partial charge in [0.1, 0.15) is 0 Å². The normalized spacial score (nSPS) is 24.3.